The maximum atomic E-state index is 13.4. The van der Waals surface area contributed by atoms with Crippen LogP contribution in [0.4, 0.5) is 0 Å². The Kier molecular flexibility index (Phi) is 25.0. The maximum absolute atomic E-state index is 13.4. The fourth-order valence-electron chi connectivity index (χ4n) is 10.4. The number of halogens is 4. The van der Waals surface area contributed by atoms with Crippen molar-refractivity contribution in [3.63, 3.8) is 0 Å². The van der Waals surface area contributed by atoms with Gasteiger partial charge in [0.2, 0.25) is 11.7 Å². The van der Waals surface area contributed by atoms with Gasteiger partial charge in [0.05, 0.1) is 71.9 Å². The highest BCUT2D eigenvalue weighted by molar-refractivity contribution is 7.91. The fraction of sp³-hybridized carbons (Fsp3) is 0.400. The van der Waals surface area contributed by atoms with E-state index in [-0.39, 0.29) is 94.2 Å². The van der Waals surface area contributed by atoms with Crippen LogP contribution in [0.25, 0.3) is 0 Å². The predicted octanol–water partition coefficient (Wildman–Crippen LogP) is 10.2. The molecule has 520 valence electrons. The number of aryl methyl sites for hydroxylation is 3. The molecular formula is C65H77Cl4N13O12S3. The molecule has 0 spiro atoms. The first kappa shape index (κ1) is 75.1. The van der Waals surface area contributed by atoms with E-state index in [0.29, 0.717) is 47.6 Å². The highest BCUT2D eigenvalue weighted by atomic mass is 35.5. The molecule has 3 aromatic carbocycles. The number of aromatic amines is 2. The number of ether oxygens (including phenoxy) is 1. The van der Waals surface area contributed by atoms with Gasteiger partial charge in [-0.1, -0.05) is 55.6 Å². The van der Waals surface area contributed by atoms with Gasteiger partial charge in [0, 0.05) is 134 Å². The van der Waals surface area contributed by atoms with Gasteiger partial charge in [-0.25, -0.2) is 34.7 Å². The molecule has 25 nitrogen and oxygen atoms in total. The molecule has 0 bridgehead atoms. The average molecular weight is 1470 g/mol. The van der Waals surface area contributed by atoms with Crippen LogP contribution in [0, 0.1) is 0 Å². The fourth-order valence-corrected chi connectivity index (χ4v) is 14.5. The van der Waals surface area contributed by atoms with Gasteiger partial charge in [-0.3, -0.25) is 52.8 Å². The van der Waals surface area contributed by atoms with Gasteiger partial charge in [-0.05, 0) is 138 Å². The predicted molar refractivity (Wildman–Crippen MR) is 370 cm³/mol. The molecule has 9 aromatic rings. The summed E-state index contributed by atoms with van der Waals surface area (Å²) in [6.45, 7) is 15.1. The average Bonchev–Trinajstić information content (AvgIpc) is 1.72. The molecule has 97 heavy (non-hydrogen) atoms. The van der Waals surface area contributed by atoms with Crippen LogP contribution in [0.3, 0.4) is 0 Å². The molecule has 0 aliphatic heterocycles. The zero-order valence-electron chi connectivity index (χ0n) is 55.0. The second-order valence-electron chi connectivity index (χ2n) is 23.4. The first-order valence-corrected chi connectivity index (χ1v) is 38.4. The summed E-state index contributed by atoms with van der Waals surface area (Å²) in [6.07, 6.45) is 19.5. The Morgan fingerprint density at radius 2 is 1.02 bits per heavy atom. The molecule has 6 aromatic heterocycles. The second-order valence-corrected chi connectivity index (χ2v) is 30.8. The van der Waals surface area contributed by atoms with Crippen molar-refractivity contribution >= 4 is 92.9 Å². The van der Waals surface area contributed by atoms with Crippen molar-refractivity contribution in [1.29, 1.82) is 0 Å². The summed E-state index contributed by atoms with van der Waals surface area (Å²) < 4.78 is 87.4. The SMILES string of the molecule is CCN(CC)CC.CCn1[nH]c(C2CC2)c(C(=O)c2ccc(S(C)(=O)=O)c(Cn3cccn3)c2Cl)c1=O.CCn1nc(C2CC2)cc1OC(=O)c1ccc(S(C)(=O)=O)c(Cn2cccn2)c1Cl.CS(=O)(=O)c1ccc(C(=O)Cl)c(Cl)c1Cn1cccn1.Cn1[nH]c(C2CC2)cc1=O. The molecule has 2 N–H and O–H groups in total. The van der Waals surface area contributed by atoms with Gasteiger partial charge in [-0.15, -0.1) is 0 Å². The summed E-state index contributed by atoms with van der Waals surface area (Å²) >= 11 is 24.6. The Hall–Kier alpha value is -7.70. The number of carbonyl (C=O) groups is 3. The Balaban J connectivity index is 0.000000168. The van der Waals surface area contributed by atoms with Crippen LogP contribution in [0.15, 0.2) is 128 Å². The van der Waals surface area contributed by atoms with E-state index in [4.69, 9.17) is 51.1 Å². The lowest BCUT2D eigenvalue weighted by molar-refractivity contribution is 0.0718. The molecule has 3 aliphatic rings. The monoisotopic (exact) mass is 1470 g/mol. The molecule has 6 heterocycles. The van der Waals surface area contributed by atoms with Crippen LogP contribution < -0.4 is 15.9 Å². The van der Waals surface area contributed by atoms with E-state index in [1.54, 1.807) is 83.9 Å². The number of carbonyl (C=O) groups excluding carboxylic acids is 3. The Morgan fingerprint density at radius 3 is 1.38 bits per heavy atom. The van der Waals surface area contributed by atoms with Crippen LogP contribution in [0.1, 0.15) is 161 Å². The summed E-state index contributed by atoms with van der Waals surface area (Å²) in [6, 6.07) is 16.7. The molecule has 0 saturated heterocycles. The van der Waals surface area contributed by atoms with E-state index in [1.165, 1.54) is 87.6 Å². The Labute approximate surface area is 582 Å². The summed E-state index contributed by atoms with van der Waals surface area (Å²) in [7, 11) is -8.89. The van der Waals surface area contributed by atoms with Gasteiger partial charge in [-0.2, -0.15) is 20.4 Å². The molecule has 3 aliphatic carbocycles. The quantitative estimate of drug-likeness (QED) is 0.0362. The van der Waals surface area contributed by atoms with Crippen molar-refractivity contribution in [3.8, 4) is 5.88 Å². The topological polar surface area (TPSA) is 313 Å². The third kappa shape index (κ3) is 19.2. The first-order valence-electron chi connectivity index (χ1n) is 31.2. The Bertz CT molecular complexity index is 4750. The Morgan fingerprint density at radius 1 is 0.588 bits per heavy atom. The normalized spacial score (nSPS) is 13.7. The van der Waals surface area contributed by atoms with Crippen LogP contribution in [-0.4, -0.2) is 144 Å². The summed E-state index contributed by atoms with van der Waals surface area (Å²) in [5.41, 5.74) is 3.53. The zero-order valence-corrected chi connectivity index (χ0v) is 60.5. The lowest BCUT2D eigenvalue weighted by Crippen LogP contribution is -2.22. The number of aromatic nitrogens is 12. The van der Waals surface area contributed by atoms with Gasteiger partial charge in [0.1, 0.15) is 5.56 Å². The molecule has 32 heteroatoms. The van der Waals surface area contributed by atoms with Crippen molar-refractivity contribution in [1.82, 2.24) is 63.6 Å². The number of esters is 1. The minimum absolute atomic E-state index is 0.0174. The highest BCUT2D eigenvalue weighted by Crippen LogP contribution is 2.43. The van der Waals surface area contributed by atoms with Crippen LogP contribution in [-0.2, 0) is 69.3 Å². The van der Waals surface area contributed by atoms with Crippen LogP contribution in [0.5, 0.6) is 5.88 Å². The number of nitrogens with one attached hydrogen (secondary N) is 2. The molecule has 0 atom stereocenters. The third-order valence-electron chi connectivity index (χ3n) is 16.1. The van der Waals surface area contributed by atoms with Gasteiger partial charge in [0.25, 0.3) is 16.4 Å². The maximum Gasteiger partial charge on any atom is 0.346 e. The minimum Gasteiger partial charge on any atom is -0.404 e. The molecule has 0 amide bonds. The molecule has 12 rings (SSSR count). The molecular weight excluding hydrogens is 1390 g/mol. The highest BCUT2D eigenvalue weighted by Gasteiger charge is 2.35. The molecule has 0 radical (unpaired) electrons. The van der Waals surface area contributed by atoms with E-state index in [2.05, 4.69) is 56.3 Å². The number of nitrogens with zero attached hydrogens (tertiary/aromatic N) is 11. The minimum atomic E-state index is -3.59. The zero-order chi connectivity index (χ0) is 70.8. The molecule has 3 fully saturated rings. The number of H-pyrrole nitrogens is 2. The standard InChI is InChI=1S/2C20H21ClN4O4S.C12H10Cl2N2O3S.C7H10N2O.C6H15N/c1-3-25-18(11-16(23-25)13-5-6-13)29-20(26)14-7-8-17(30(2,27)28)15(19(14)21)12-24-10-4-9-22-24;1-3-25-20(27)16(18(23-25)12-5-6-12)19(26)13-7-8-15(30(2,28)29)14(17(13)21)11-24-10-4-9-22-24;1-20(18,19)10-4-3-8(12(14)17)11(13)9(10)7-16-6-2-5-15-16;1-9-7(10)4-6(8-9)5-2-3-5;1-4-7(5-2)6-3/h4,7-11,13H,3,5-6,12H2,1-2H3;4,7-10,12,23H,3,5-6,11H2,1-2H3;2-6H,7H2,1H3;4-5,8H,2-3H2,1H3;4-6H2,1-3H3. The van der Waals surface area contributed by atoms with Crippen LogP contribution in [0.2, 0.25) is 15.1 Å². The van der Waals surface area contributed by atoms with E-state index in [9.17, 15) is 49.2 Å². The number of rotatable bonds is 22. The summed E-state index contributed by atoms with van der Waals surface area (Å²) in [5, 5.41) is 22.1. The lowest BCUT2D eigenvalue weighted by atomic mass is 9.99. The number of sulfone groups is 3. The van der Waals surface area contributed by atoms with Crippen molar-refractivity contribution < 1.29 is 44.4 Å². The van der Waals surface area contributed by atoms with E-state index in [1.807, 2.05) is 13.8 Å². The third-order valence-corrected chi connectivity index (χ3v) is 21.2. The van der Waals surface area contributed by atoms with Gasteiger partial charge in [0.15, 0.2) is 29.5 Å². The summed E-state index contributed by atoms with van der Waals surface area (Å²) in [5.74, 6) is 0.404. The van der Waals surface area contributed by atoms with Crippen molar-refractivity contribution in [2.24, 2.45) is 7.05 Å². The molecule has 3 saturated carbocycles. The van der Waals surface area contributed by atoms with E-state index >= 15 is 0 Å². The van der Waals surface area contributed by atoms with E-state index in [0.717, 1.165) is 55.8 Å². The van der Waals surface area contributed by atoms with E-state index < -0.39 is 46.5 Å². The smallest absolute Gasteiger partial charge is 0.346 e. The number of hydrogen-bond acceptors (Lipinski definition) is 17. The van der Waals surface area contributed by atoms with Crippen molar-refractivity contribution in [2.75, 3.05) is 38.4 Å². The van der Waals surface area contributed by atoms with Crippen molar-refractivity contribution in [3.05, 3.63) is 196 Å². The second kappa shape index (κ2) is 32.3. The first-order chi connectivity index (χ1) is 45.9. The number of benzene rings is 3. The lowest BCUT2D eigenvalue weighted by Gasteiger charge is -2.14. The number of ketones is 1. The summed E-state index contributed by atoms with van der Waals surface area (Å²) in [4.78, 5) is 63.8. The number of hydrogen-bond donors (Lipinski definition) is 2. The largest absolute Gasteiger partial charge is 0.404 e. The molecule has 0 unspecified atom stereocenters. The van der Waals surface area contributed by atoms with Crippen LogP contribution >= 0.6 is 46.4 Å². The van der Waals surface area contributed by atoms with Gasteiger partial charge >= 0.3 is 5.97 Å². The van der Waals surface area contributed by atoms with Gasteiger partial charge < -0.3 is 9.64 Å². The van der Waals surface area contributed by atoms with Crippen molar-refractivity contribution in [2.45, 2.75) is 138 Å².